The highest BCUT2D eigenvalue weighted by Gasteiger charge is 2.28. The van der Waals surface area contributed by atoms with Crippen LogP contribution in [0.4, 0.5) is 0 Å². The zero-order valence-electron chi connectivity index (χ0n) is 8.77. The number of carbonyl (C=O) groups excluding carboxylic acids is 1. The molecule has 6 heteroatoms. The molecular weight excluding hydrogens is 220 g/mol. The molecule has 1 saturated carbocycles. The summed E-state index contributed by atoms with van der Waals surface area (Å²) in [6, 6.07) is 0. The van der Waals surface area contributed by atoms with E-state index in [-0.39, 0.29) is 24.4 Å². The molecule has 0 spiro atoms. The summed E-state index contributed by atoms with van der Waals surface area (Å²) in [6.07, 6.45) is 2.15. The standard InChI is InChI=1S/C9H16O5S/c1-2-9(10)13-6-3-7-15(11,12)14-8-4-5-8/h8H,2-7H2,1H3. The molecular formula is C9H16O5S. The van der Waals surface area contributed by atoms with Crippen molar-refractivity contribution in [2.75, 3.05) is 12.4 Å². The second kappa shape index (κ2) is 5.46. The maximum Gasteiger partial charge on any atom is 0.305 e. The molecule has 0 N–H and O–H groups in total. The SMILES string of the molecule is CCC(=O)OCCCS(=O)(=O)OC1CC1. The highest BCUT2D eigenvalue weighted by Crippen LogP contribution is 2.25. The molecule has 0 heterocycles. The Morgan fingerprint density at radius 1 is 1.40 bits per heavy atom. The lowest BCUT2D eigenvalue weighted by Crippen LogP contribution is -2.14. The van der Waals surface area contributed by atoms with Crippen LogP contribution in [0.25, 0.3) is 0 Å². The van der Waals surface area contributed by atoms with Crippen LogP contribution in [0.15, 0.2) is 0 Å². The fraction of sp³-hybridized carbons (Fsp3) is 0.889. The van der Waals surface area contributed by atoms with E-state index in [0.717, 1.165) is 12.8 Å². The molecule has 0 aromatic carbocycles. The van der Waals surface area contributed by atoms with Crippen molar-refractivity contribution in [1.82, 2.24) is 0 Å². The van der Waals surface area contributed by atoms with Crippen LogP contribution in [0.5, 0.6) is 0 Å². The minimum atomic E-state index is -3.41. The summed E-state index contributed by atoms with van der Waals surface area (Å²) in [7, 11) is -3.41. The fourth-order valence-electron chi connectivity index (χ4n) is 0.943. The quantitative estimate of drug-likeness (QED) is 0.372. The summed E-state index contributed by atoms with van der Waals surface area (Å²) in [5, 5.41) is 0. The van der Waals surface area contributed by atoms with Crippen LogP contribution in [-0.4, -0.2) is 32.9 Å². The van der Waals surface area contributed by atoms with Gasteiger partial charge in [0.05, 0.1) is 18.5 Å². The van der Waals surface area contributed by atoms with Gasteiger partial charge in [-0.2, -0.15) is 8.42 Å². The van der Waals surface area contributed by atoms with Gasteiger partial charge in [-0.1, -0.05) is 6.92 Å². The number of hydrogen-bond acceptors (Lipinski definition) is 5. The van der Waals surface area contributed by atoms with E-state index >= 15 is 0 Å². The molecule has 0 unspecified atom stereocenters. The van der Waals surface area contributed by atoms with E-state index in [1.165, 1.54) is 0 Å². The third kappa shape index (κ3) is 5.74. The Labute approximate surface area is 89.9 Å². The molecule has 0 aromatic rings. The first-order valence-corrected chi connectivity index (χ1v) is 6.68. The highest BCUT2D eigenvalue weighted by molar-refractivity contribution is 7.86. The van der Waals surface area contributed by atoms with Gasteiger partial charge in [-0.05, 0) is 19.3 Å². The largest absolute Gasteiger partial charge is 0.466 e. The van der Waals surface area contributed by atoms with Crippen LogP contribution < -0.4 is 0 Å². The lowest BCUT2D eigenvalue weighted by Gasteiger charge is -2.04. The van der Waals surface area contributed by atoms with Crippen molar-refractivity contribution in [2.24, 2.45) is 0 Å². The van der Waals surface area contributed by atoms with Gasteiger partial charge in [-0.15, -0.1) is 0 Å². The number of ether oxygens (including phenoxy) is 1. The molecule has 0 radical (unpaired) electrons. The highest BCUT2D eigenvalue weighted by atomic mass is 32.2. The number of carbonyl (C=O) groups is 1. The van der Waals surface area contributed by atoms with Gasteiger partial charge in [0.15, 0.2) is 0 Å². The molecule has 0 bridgehead atoms. The normalized spacial score (nSPS) is 16.3. The van der Waals surface area contributed by atoms with E-state index in [0.29, 0.717) is 12.8 Å². The van der Waals surface area contributed by atoms with Crippen LogP contribution >= 0.6 is 0 Å². The molecule has 88 valence electrons. The third-order valence-corrected chi connectivity index (χ3v) is 3.25. The van der Waals surface area contributed by atoms with Crippen molar-refractivity contribution in [3.63, 3.8) is 0 Å². The number of rotatable bonds is 7. The Morgan fingerprint density at radius 3 is 2.60 bits per heavy atom. The first-order chi connectivity index (χ1) is 7.03. The van der Waals surface area contributed by atoms with Gasteiger partial charge in [0.25, 0.3) is 10.1 Å². The molecule has 0 amide bonds. The summed E-state index contributed by atoms with van der Waals surface area (Å²) in [5.74, 6) is -0.393. The Hall–Kier alpha value is -0.620. The van der Waals surface area contributed by atoms with Crippen LogP contribution in [0, 0.1) is 0 Å². The minimum absolute atomic E-state index is 0.0828. The van der Waals surface area contributed by atoms with E-state index in [4.69, 9.17) is 8.92 Å². The zero-order chi connectivity index (χ0) is 11.3. The average Bonchev–Trinajstić information content (AvgIpc) is 2.95. The van der Waals surface area contributed by atoms with Crippen molar-refractivity contribution in [1.29, 1.82) is 0 Å². The summed E-state index contributed by atoms with van der Waals surface area (Å²) < 4.78 is 32.0. The first-order valence-electron chi connectivity index (χ1n) is 5.10. The van der Waals surface area contributed by atoms with Crippen LogP contribution in [0.1, 0.15) is 32.6 Å². The Balaban J connectivity index is 2.10. The van der Waals surface area contributed by atoms with Crippen molar-refractivity contribution < 1.29 is 22.1 Å². The van der Waals surface area contributed by atoms with Crippen LogP contribution in [0.3, 0.4) is 0 Å². The van der Waals surface area contributed by atoms with Gasteiger partial charge in [-0.25, -0.2) is 0 Å². The van der Waals surface area contributed by atoms with E-state index < -0.39 is 10.1 Å². The molecule has 1 aliphatic carbocycles. The summed E-state index contributed by atoms with van der Waals surface area (Å²) >= 11 is 0. The Bertz CT molecular complexity index is 304. The third-order valence-electron chi connectivity index (χ3n) is 1.90. The van der Waals surface area contributed by atoms with Crippen molar-refractivity contribution in [3.05, 3.63) is 0 Å². The maximum absolute atomic E-state index is 11.2. The predicted octanol–water partition coefficient (Wildman–Crippen LogP) is 0.838. The Morgan fingerprint density at radius 2 is 2.07 bits per heavy atom. The predicted molar refractivity (Wildman–Crippen MR) is 53.8 cm³/mol. The van der Waals surface area contributed by atoms with E-state index in [9.17, 15) is 13.2 Å². The maximum atomic E-state index is 11.2. The van der Waals surface area contributed by atoms with Crippen molar-refractivity contribution >= 4 is 16.1 Å². The van der Waals surface area contributed by atoms with Gasteiger partial charge < -0.3 is 4.74 Å². The Kier molecular flexibility index (Phi) is 4.53. The molecule has 0 atom stereocenters. The van der Waals surface area contributed by atoms with Gasteiger partial charge in [0.2, 0.25) is 0 Å². The molecule has 1 fully saturated rings. The van der Waals surface area contributed by atoms with Crippen LogP contribution in [-0.2, 0) is 23.8 Å². The van der Waals surface area contributed by atoms with Gasteiger partial charge in [0.1, 0.15) is 0 Å². The summed E-state index contributed by atoms with van der Waals surface area (Å²) in [5.41, 5.74) is 0. The van der Waals surface area contributed by atoms with E-state index in [2.05, 4.69) is 0 Å². The molecule has 0 aliphatic heterocycles. The van der Waals surface area contributed by atoms with Crippen molar-refractivity contribution in [3.8, 4) is 0 Å². The lowest BCUT2D eigenvalue weighted by molar-refractivity contribution is -0.143. The molecule has 1 rings (SSSR count). The molecule has 1 aliphatic rings. The lowest BCUT2D eigenvalue weighted by atomic mass is 10.5. The zero-order valence-corrected chi connectivity index (χ0v) is 9.59. The topological polar surface area (TPSA) is 69.7 Å². The van der Waals surface area contributed by atoms with Gasteiger partial charge >= 0.3 is 5.97 Å². The monoisotopic (exact) mass is 236 g/mol. The van der Waals surface area contributed by atoms with E-state index in [1.807, 2.05) is 0 Å². The molecule has 15 heavy (non-hydrogen) atoms. The average molecular weight is 236 g/mol. The van der Waals surface area contributed by atoms with Crippen LogP contribution in [0.2, 0.25) is 0 Å². The van der Waals surface area contributed by atoms with Gasteiger partial charge in [-0.3, -0.25) is 8.98 Å². The number of hydrogen-bond donors (Lipinski definition) is 0. The fourth-order valence-corrected chi connectivity index (χ4v) is 2.12. The smallest absolute Gasteiger partial charge is 0.305 e. The summed E-state index contributed by atoms with van der Waals surface area (Å²) in [6.45, 7) is 1.83. The van der Waals surface area contributed by atoms with E-state index in [1.54, 1.807) is 6.92 Å². The second-order valence-corrected chi connectivity index (χ2v) is 5.20. The first kappa shape index (κ1) is 12.4. The van der Waals surface area contributed by atoms with Crippen molar-refractivity contribution in [2.45, 2.75) is 38.7 Å². The minimum Gasteiger partial charge on any atom is -0.466 e. The summed E-state index contributed by atoms with van der Waals surface area (Å²) in [4.78, 5) is 10.7. The number of esters is 1. The van der Waals surface area contributed by atoms with Gasteiger partial charge in [0, 0.05) is 6.42 Å². The molecule has 5 nitrogen and oxygen atoms in total. The molecule has 0 saturated heterocycles. The second-order valence-electron chi connectivity index (χ2n) is 3.48. The molecule has 0 aromatic heterocycles.